The van der Waals surface area contributed by atoms with Crippen molar-refractivity contribution in [2.75, 3.05) is 0 Å². The van der Waals surface area contributed by atoms with E-state index in [4.69, 9.17) is 4.74 Å². The molecule has 0 N–H and O–H groups in total. The fourth-order valence-electron chi connectivity index (χ4n) is 2.84. The van der Waals surface area contributed by atoms with Crippen molar-refractivity contribution in [1.82, 2.24) is 0 Å². The predicted molar refractivity (Wildman–Crippen MR) is 79.1 cm³/mol. The first-order chi connectivity index (χ1) is 10.1. The van der Waals surface area contributed by atoms with Crippen LogP contribution in [0.25, 0.3) is 0 Å². The third-order valence-corrected chi connectivity index (χ3v) is 3.84. The van der Waals surface area contributed by atoms with Gasteiger partial charge in [0.2, 0.25) is 0 Å². The molecule has 0 heterocycles. The third-order valence-electron chi connectivity index (χ3n) is 3.84. The number of ketones is 1. The highest BCUT2D eigenvalue weighted by Gasteiger charge is 2.42. The van der Waals surface area contributed by atoms with Crippen LogP contribution in [0.4, 0.5) is 0 Å². The van der Waals surface area contributed by atoms with Gasteiger partial charge in [-0.15, -0.1) is 0 Å². The van der Waals surface area contributed by atoms with E-state index in [0.29, 0.717) is 22.3 Å². The molecule has 2 aromatic carbocycles. The Morgan fingerprint density at radius 3 is 2.00 bits per heavy atom. The van der Waals surface area contributed by atoms with Crippen molar-refractivity contribution in [2.45, 2.75) is 12.5 Å². The van der Waals surface area contributed by atoms with Crippen LogP contribution in [0.3, 0.4) is 0 Å². The second-order valence-corrected chi connectivity index (χ2v) is 5.08. The second kappa shape index (κ2) is 4.70. The fraction of sp³-hybridized carbons (Fsp3) is 0.111. The monoisotopic (exact) mass is 278 g/mol. The van der Waals surface area contributed by atoms with Gasteiger partial charge in [-0.1, -0.05) is 55.1 Å². The molecular weight excluding hydrogens is 264 g/mol. The summed E-state index contributed by atoms with van der Waals surface area (Å²) in [5.41, 5.74) is 1.53. The molecule has 0 atom stereocenters. The number of hydrogen-bond donors (Lipinski definition) is 0. The zero-order chi connectivity index (χ0) is 15.0. The molecule has 0 aromatic heterocycles. The number of hydrogen-bond acceptors (Lipinski definition) is 3. The van der Waals surface area contributed by atoms with Crippen molar-refractivity contribution < 1.29 is 14.3 Å². The summed E-state index contributed by atoms with van der Waals surface area (Å²) in [6, 6.07) is 14.4. The van der Waals surface area contributed by atoms with E-state index in [1.807, 2.05) is 24.3 Å². The maximum atomic E-state index is 12.6. The lowest BCUT2D eigenvalue weighted by Crippen LogP contribution is -2.37. The quantitative estimate of drug-likeness (QED) is 0.625. The number of ether oxygens (including phenoxy) is 1. The molecule has 3 rings (SSSR count). The van der Waals surface area contributed by atoms with Crippen LogP contribution in [-0.4, -0.2) is 11.8 Å². The van der Waals surface area contributed by atoms with Crippen molar-refractivity contribution >= 4 is 11.8 Å². The van der Waals surface area contributed by atoms with Crippen LogP contribution in [0.15, 0.2) is 61.2 Å². The molecule has 1 aliphatic rings. The molecule has 0 bridgehead atoms. The minimum Gasteiger partial charge on any atom is -0.446 e. The highest BCUT2D eigenvalue weighted by molar-refractivity contribution is 6.13. The van der Waals surface area contributed by atoms with Crippen LogP contribution in [0.5, 0.6) is 0 Å². The number of fused-ring (bicyclic) bond motifs is 2. The van der Waals surface area contributed by atoms with Crippen LogP contribution in [0, 0.1) is 0 Å². The van der Waals surface area contributed by atoms with E-state index < -0.39 is 11.6 Å². The van der Waals surface area contributed by atoms with Gasteiger partial charge in [0.05, 0.1) is 0 Å². The number of rotatable bonds is 2. The largest absolute Gasteiger partial charge is 0.446 e. The Hall–Kier alpha value is -2.68. The molecule has 2 aromatic rings. The topological polar surface area (TPSA) is 43.4 Å². The minimum atomic E-state index is -0.994. The molecule has 0 aliphatic heterocycles. The first-order valence-corrected chi connectivity index (χ1v) is 6.67. The second-order valence-electron chi connectivity index (χ2n) is 5.08. The number of benzene rings is 2. The van der Waals surface area contributed by atoms with Crippen molar-refractivity contribution in [2.24, 2.45) is 0 Å². The molecule has 0 saturated carbocycles. The number of carbonyl (C=O) groups is 2. The maximum Gasteiger partial charge on any atom is 0.331 e. The van der Waals surface area contributed by atoms with Gasteiger partial charge < -0.3 is 4.74 Å². The molecule has 3 heteroatoms. The summed E-state index contributed by atoms with van der Waals surface area (Å²) in [7, 11) is 0. The molecule has 0 radical (unpaired) electrons. The average molecular weight is 278 g/mol. The van der Waals surface area contributed by atoms with Gasteiger partial charge >= 0.3 is 5.97 Å². The van der Waals surface area contributed by atoms with E-state index in [1.54, 1.807) is 31.2 Å². The summed E-state index contributed by atoms with van der Waals surface area (Å²) in [6.07, 6.45) is 1.13. The van der Waals surface area contributed by atoms with E-state index in [1.165, 1.54) is 0 Å². The highest BCUT2D eigenvalue weighted by atomic mass is 16.6. The van der Waals surface area contributed by atoms with Crippen LogP contribution in [0.2, 0.25) is 0 Å². The number of carbonyl (C=O) groups excluding carboxylic acids is 2. The first kappa shape index (κ1) is 13.3. The van der Waals surface area contributed by atoms with Crippen molar-refractivity contribution in [3.05, 3.63) is 83.4 Å². The van der Waals surface area contributed by atoms with Gasteiger partial charge in [0.15, 0.2) is 11.4 Å². The molecule has 21 heavy (non-hydrogen) atoms. The average Bonchev–Trinajstić information content (AvgIpc) is 2.53. The normalized spacial score (nSPS) is 14.8. The molecule has 0 unspecified atom stereocenters. The number of esters is 1. The summed E-state index contributed by atoms with van der Waals surface area (Å²) in [4.78, 5) is 24.4. The van der Waals surface area contributed by atoms with E-state index >= 15 is 0 Å². The summed E-state index contributed by atoms with van der Waals surface area (Å²) < 4.78 is 5.62. The van der Waals surface area contributed by atoms with Gasteiger partial charge in [-0.05, 0) is 6.92 Å². The lowest BCUT2D eigenvalue weighted by atomic mass is 9.75. The molecule has 1 aliphatic carbocycles. The van der Waals surface area contributed by atoms with Crippen LogP contribution in [0.1, 0.15) is 34.0 Å². The van der Waals surface area contributed by atoms with Crippen LogP contribution < -0.4 is 0 Å². The van der Waals surface area contributed by atoms with E-state index in [9.17, 15) is 9.59 Å². The first-order valence-electron chi connectivity index (χ1n) is 6.67. The van der Waals surface area contributed by atoms with Crippen molar-refractivity contribution in [3.63, 3.8) is 0 Å². The van der Waals surface area contributed by atoms with Gasteiger partial charge in [0.1, 0.15) is 0 Å². The lowest BCUT2D eigenvalue weighted by molar-refractivity contribution is -0.149. The summed E-state index contributed by atoms with van der Waals surface area (Å²) >= 11 is 0. The lowest BCUT2D eigenvalue weighted by Gasteiger charge is -2.36. The molecule has 0 saturated heterocycles. The SMILES string of the molecule is C=CC(=O)OC1(C)c2ccccc2C(=O)c2ccccc21. The Bertz CT molecular complexity index is 709. The Labute approximate surface area is 122 Å². The molecule has 0 spiro atoms. The molecular formula is C18H14O3. The Kier molecular flexibility index (Phi) is 2.98. The van der Waals surface area contributed by atoms with Crippen molar-refractivity contribution in [3.8, 4) is 0 Å². The zero-order valence-corrected chi connectivity index (χ0v) is 11.6. The standard InChI is InChI=1S/C18H14O3/c1-3-16(19)21-18(2)14-10-6-4-8-12(14)17(20)13-9-5-7-11-15(13)18/h3-11H,1H2,2H3. The Morgan fingerprint density at radius 1 is 1.05 bits per heavy atom. The summed E-state index contributed by atoms with van der Waals surface area (Å²) in [5, 5.41) is 0. The Balaban J connectivity index is 2.29. The van der Waals surface area contributed by atoms with Crippen LogP contribution >= 0.6 is 0 Å². The molecule has 104 valence electrons. The summed E-state index contributed by atoms with van der Waals surface area (Å²) in [5.74, 6) is -0.565. The van der Waals surface area contributed by atoms with Crippen molar-refractivity contribution in [1.29, 1.82) is 0 Å². The predicted octanol–water partition coefficient (Wildman–Crippen LogP) is 3.22. The van der Waals surface area contributed by atoms with E-state index in [0.717, 1.165) is 6.08 Å². The van der Waals surface area contributed by atoms with Crippen LogP contribution in [-0.2, 0) is 15.1 Å². The fourth-order valence-corrected chi connectivity index (χ4v) is 2.84. The minimum absolute atomic E-state index is 0.0478. The summed E-state index contributed by atoms with van der Waals surface area (Å²) in [6.45, 7) is 5.25. The van der Waals surface area contributed by atoms with Gasteiger partial charge in [-0.2, -0.15) is 0 Å². The van der Waals surface area contributed by atoms with Gasteiger partial charge in [-0.25, -0.2) is 4.79 Å². The third kappa shape index (κ3) is 1.89. The highest BCUT2D eigenvalue weighted by Crippen LogP contribution is 2.42. The molecule has 0 amide bonds. The van der Waals surface area contributed by atoms with E-state index in [2.05, 4.69) is 6.58 Å². The zero-order valence-electron chi connectivity index (χ0n) is 11.6. The molecule has 3 nitrogen and oxygen atoms in total. The Morgan fingerprint density at radius 2 is 1.52 bits per heavy atom. The van der Waals surface area contributed by atoms with Gasteiger partial charge in [-0.3, -0.25) is 4.79 Å². The van der Waals surface area contributed by atoms with Gasteiger partial charge in [0.25, 0.3) is 0 Å². The van der Waals surface area contributed by atoms with Gasteiger partial charge in [0, 0.05) is 28.3 Å². The van der Waals surface area contributed by atoms with E-state index in [-0.39, 0.29) is 5.78 Å². The molecule has 0 fully saturated rings. The smallest absolute Gasteiger partial charge is 0.331 e. The maximum absolute atomic E-state index is 12.6.